The van der Waals surface area contributed by atoms with Crippen molar-refractivity contribution in [2.75, 3.05) is 0 Å². The molecule has 0 aliphatic carbocycles. The van der Waals surface area contributed by atoms with E-state index in [0.717, 1.165) is 18.3 Å². The molecule has 0 amide bonds. The Hall–Kier alpha value is 1.25. The summed E-state index contributed by atoms with van der Waals surface area (Å²) in [7, 11) is 0. The molecule has 0 aliphatic heterocycles. The third-order valence-corrected chi connectivity index (χ3v) is 2.18. The van der Waals surface area contributed by atoms with Gasteiger partial charge in [-0.1, -0.05) is 46.5 Å². The molecule has 0 saturated carbocycles. The second-order valence-corrected chi connectivity index (χ2v) is 4.07. The summed E-state index contributed by atoms with van der Waals surface area (Å²) in [5, 5.41) is 0. The van der Waals surface area contributed by atoms with E-state index < -0.39 is 0 Å². The van der Waals surface area contributed by atoms with Crippen LogP contribution in [0, 0.1) is 18.8 Å². The molecule has 76 valence electrons. The molecular formula is C11H23BrMg. The van der Waals surface area contributed by atoms with E-state index in [1.165, 1.54) is 25.7 Å². The SMILES string of the molecule is [Br-].[CH2-]CCC(C)CCCC(C)C.[Mg+2]. The molecule has 0 heterocycles. The van der Waals surface area contributed by atoms with Gasteiger partial charge in [-0.3, -0.25) is 0 Å². The van der Waals surface area contributed by atoms with Crippen LogP contribution in [0.25, 0.3) is 0 Å². The average molecular weight is 260 g/mol. The van der Waals surface area contributed by atoms with Crippen LogP contribution in [0.4, 0.5) is 0 Å². The summed E-state index contributed by atoms with van der Waals surface area (Å²) >= 11 is 0. The van der Waals surface area contributed by atoms with Crippen molar-refractivity contribution in [3.05, 3.63) is 6.92 Å². The third kappa shape index (κ3) is 16.0. The fourth-order valence-electron chi connectivity index (χ4n) is 1.37. The molecule has 0 spiro atoms. The zero-order chi connectivity index (χ0) is 8.69. The van der Waals surface area contributed by atoms with E-state index >= 15 is 0 Å². The van der Waals surface area contributed by atoms with Crippen molar-refractivity contribution in [1.29, 1.82) is 0 Å². The largest absolute Gasteiger partial charge is 2.00 e. The maximum absolute atomic E-state index is 3.87. The Morgan fingerprint density at radius 1 is 1.00 bits per heavy atom. The summed E-state index contributed by atoms with van der Waals surface area (Å²) in [6.07, 6.45) is 6.59. The van der Waals surface area contributed by atoms with Gasteiger partial charge in [0.25, 0.3) is 0 Å². The Kier molecular flexibility index (Phi) is 20.1. The maximum Gasteiger partial charge on any atom is 2.00 e. The van der Waals surface area contributed by atoms with Crippen LogP contribution < -0.4 is 17.0 Å². The predicted octanol–water partition coefficient (Wildman–Crippen LogP) is 0.686. The number of hydrogen-bond acceptors (Lipinski definition) is 0. The van der Waals surface area contributed by atoms with E-state index in [0.29, 0.717) is 0 Å². The second-order valence-electron chi connectivity index (χ2n) is 4.07. The predicted molar refractivity (Wildman–Crippen MR) is 58.2 cm³/mol. The Balaban J connectivity index is -0.000000500. The van der Waals surface area contributed by atoms with Gasteiger partial charge in [0, 0.05) is 0 Å². The second kappa shape index (κ2) is 13.2. The first-order valence-corrected chi connectivity index (χ1v) is 4.96. The minimum absolute atomic E-state index is 0. The molecule has 0 saturated heterocycles. The first kappa shape index (κ1) is 19.8. The Labute approximate surface area is 111 Å². The van der Waals surface area contributed by atoms with Gasteiger partial charge < -0.3 is 23.9 Å². The van der Waals surface area contributed by atoms with Gasteiger partial charge in [0.15, 0.2) is 0 Å². The number of hydrogen-bond donors (Lipinski definition) is 0. The average Bonchev–Trinajstić information content (AvgIpc) is 1.87. The first-order valence-electron chi connectivity index (χ1n) is 4.96. The topological polar surface area (TPSA) is 0 Å². The van der Waals surface area contributed by atoms with Crippen LogP contribution in [0.3, 0.4) is 0 Å². The number of halogens is 1. The van der Waals surface area contributed by atoms with Crippen molar-refractivity contribution < 1.29 is 17.0 Å². The van der Waals surface area contributed by atoms with E-state index in [1.807, 2.05) is 0 Å². The van der Waals surface area contributed by atoms with Crippen LogP contribution in [-0.4, -0.2) is 23.1 Å². The van der Waals surface area contributed by atoms with Gasteiger partial charge in [-0.05, 0) is 11.8 Å². The van der Waals surface area contributed by atoms with E-state index in [-0.39, 0.29) is 40.0 Å². The first-order chi connectivity index (χ1) is 5.16. The maximum atomic E-state index is 3.87. The van der Waals surface area contributed by atoms with Crippen LogP contribution in [0.5, 0.6) is 0 Å². The molecule has 2 heteroatoms. The fraction of sp³-hybridized carbons (Fsp3) is 0.909. The monoisotopic (exact) mass is 258 g/mol. The summed E-state index contributed by atoms with van der Waals surface area (Å²) in [6.45, 7) is 10.8. The molecule has 0 aromatic carbocycles. The van der Waals surface area contributed by atoms with Crippen molar-refractivity contribution in [3.8, 4) is 0 Å². The standard InChI is InChI=1S/C11H23.BrH.Mg/c1-5-7-11(4)9-6-8-10(2)3;;/h10-11H,1,5-9H2,2-4H3;1H;/q-1;;+2/p-1. The third-order valence-electron chi connectivity index (χ3n) is 2.18. The van der Waals surface area contributed by atoms with E-state index in [9.17, 15) is 0 Å². The smallest absolute Gasteiger partial charge is 1.00 e. The van der Waals surface area contributed by atoms with Crippen molar-refractivity contribution in [3.63, 3.8) is 0 Å². The molecule has 0 bridgehead atoms. The van der Waals surface area contributed by atoms with Gasteiger partial charge >= 0.3 is 23.1 Å². The zero-order valence-corrected chi connectivity index (χ0v) is 12.5. The fourth-order valence-corrected chi connectivity index (χ4v) is 1.37. The van der Waals surface area contributed by atoms with Gasteiger partial charge in [-0.2, -0.15) is 6.42 Å². The molecule has 0 aliphatic rings. The van der Waals surface area contributed by atoms with Gasteiger partial charge in [0.2, 0.25) is 0 Å². The molecule has 0 radical (unpaired) electrons. The quantitative estimate of drug-likeness (QED) is 0.486. The summed E-state index contributed by atoms with van der Waals surface area (Å²) in [5.41, 5.74) is 0. The Morgan fingerprint density at radius 2 is 1.54 bits per heavy atom. The van der Waals surface area contributed by atoms with E-state index in [2.05, 4.69) is 27.7 Å². The molecule has 0 aromatic heterocycles. The normalized spacial score (nSPS) is 11.8. The summed E-state index contributed by atoms with van der Waals surface area (Å²) in [5.74, 6) is 1.77. The zero-order valence-electron chi connectivity index (χ0n) is 9.48. The molecule has 1 unspecified atom stereocenters. The van der Waals surface area contributed by atoms with E-state index in [4.69, 9.17) is 0 Å². The van der Waals surface area contributed by atoms with Crippen molar-refractivity contribution in [1.82, 2.24) is 0 Å². The van der Waals surface area contributed by atoms with E-state index in [1.54, 1.807) is 0 Å². The minimum atomic E-state index is 0. The van der Waals surface area contributed by atoms with Crippen LogP contribution in [0.15, 0.2) is 0 Å². The van der Waals surface area contributed by atoms with Crippen molar-refractivity contribution in [2.45, 2.75) is 52.9 Å². The van der Waals surface area contributed by atoms with Gasteiger partial charge in [-0.15, -0.1) is 0 Å². The van der Waals surface area contributed by atoms with Crippen LogP contribution in [-0.2, 0) is 0 Å². The van der Waals surface area contributed by atoms with Crippen molar-refractivity contribution in [2.24, 2.45) is 11.8 Å². The van der Waals surface area contributed by atoms with Crippen molar-refractivity contribution >= 4 is 23.1 Å². The summed E-state index contributed by atoms with van der Waals surface area (Å²) in [6, 6.07) is 0. The molecular weight excluding hydrogens is 236 g/mol. The van der Waals surface area contributed by atoms with Crippen LogP contribution in [0.2, 0.25) is 0 Å². The molecule has 0 rings (SSSR count). The van der Waals surface area contributed by atoms with Gasteiger partial charge in [0.1, 0.15) is 0 Å². The Morgan fingerprint density at radius 3 is 1.92 bits per heavy atom. The molecule has 0 aromatic rings. The Bertz CT molecular complexity index is 84.2. The number of rotatable bonds is 6. The molecule has 13 heavy (non-hydrogen) atoms. The minimum Gasteiger partial charge on any atom is -1.00 e. The van der Waals surface area contributed by atoms with Gasteiger partial charge in [0.05, 0.1) is 0 Å². The summed E-state index contributed by atoms with van der Waals surface area (Å²) in [4.78, 5) is 0. The molecule has 1 atom stereocenters. The molecule has 0 nitrogen and oxygen atoms in total. The summed E-state index contributed by atoms with van der Waals surface area (Å²) < 4.78 is 0. The van der Waals surface area contributed by atoms with Gasteiger partial charge in [-0.25, -0.2) is 0 Å². The van der Waals surface area contributed by atoms with Crippen LogP contribution >= 0.6 is 0 Å². The van der Waals surface area contributed by atoms with Crippen LogP contribution in [0.1, 0.15) is 52.9 Å². The molecule has 0 fully saturated rings. The molecule has 0 N–H and O–H groups in total.